The Morgan fingerprint density at radius 3 is 2.46 bits per heavy atom. The van der Waals surface area contributed by atoms with Gasteiger partial charge in [-0.05, 0) is 22.9 Å². The van der Waals surface area contributed by atoms with Crippen LogP contribution in [-0.2, 0) is 20.0 Å². The van der Waals surface area contributed by atoms with Gasteiger partial charge in [0.15, 0.2) is 0 Å². The molecule has 0 unspecified atom stereocenters. The number of sulfonamides is 2. The van der Waals surface area contributed by atoms with Crippen molar-refractivity contribution >= 4 is 31.6 Å². The van der Waals surface area contributed by atoms with E-state index >= 15 is 0 Å². The number of anilines is 1. The van der Waals surface area contributed by atoms with Gasteiger partial charge in [-0.1, -0.05) is 18.2 Å². The lowest BCUT2D eigenvalue weighted by Gasteiger charge is -2.18. The molecule has 0 aliphatic rings. The lowest BCUT2D eigenvalue weighted by molar-refractivity contribution is 0.0948. The third-order valence-corrected chi connectivity index (χ3v) is 7.73. The minimum Gasteiger partial charge on any atom is -0.398 e. The van der Waals surface area contributed by atoms with Crippen LogP contribution >= 0.6 is 0 Å². The predicted octanol–water partition coefficient (Wildman–Crippen LogP) is -2.95. The molecule has 1 amide bonds. The average molecular weight is 555 g/mol. The van der Waals surface area contributed by atoms with E-state index in [9.17, 15) is 21.6 Å². The van der Waals surface area contributed by atoms with Crippen LogP contribution < -0.4 is 32.4 Å². The van der Waals surface area contributed by atoms with Crippen molar-refractivity contribution in [1.82, 2.24) is 30.7 Å². The van der Waals surface area contributed by atoms with Crippen LogP contribution in [0.15, 0.2) is 40.1 Å². The maximum Gasteiger partial charge on any atom is 0.253 e. The van der Waals surface area contributed by atoms with Gasteiger partial charge in [-0.3, -0.25) is 4.79 Å². The summed E-state index contributed by atoms with van der Waals surface area (Å²) >= 11 is 0. The highest BCUT2D eigenvalue weighted by molar-refractivity contribution is 7.92. The van der Waals surface area contributed by atoms with Gasteiger partial charge in [-0.15, -0.1) is 10.2 Å². The molecule has 0 fully saturated rings. The molecule has 0 saturated heterocycles. The van der Waals surface area contributed by atoms with Crippen LogP contribution in [0.25, 0.3) is 22.5 Å². The Hall–Kier alpha value is -3.52. The van der Waals surface area contributed by atoms with E-state index in [1.165, 1.54) is 24.3 Å². The molecule has 0 radical (unpaired) electrons. The number of aromatic amines is 1. The van der Waals surface area contributed by atoms with Gasteiger partial charge in [0, 0.05) is 31.2 Å². The second-order valence-corrected chi connectivity index (χ2v) is 10.9. The number of aliphatic hydroxyl groups is 1. The number of benzene rings is 2. The summed E-state index contributed by atoms with van der Waals surface area (Å²) in [5, 5.41) is 30.3. The van der Waals surface area contributed by atoms with Crippen molar-refractivity contribution in [3.05, 3.63) is 35.9 Å². The summed E-state index contributed by atoms with van der Waals surface area (Å²) in [5.41, 5.74) is 17.1. The van der Waals surface area contributed by atoms with Gasteiger partial charge >= 0.3 is 0 Å². The van der Waals surface area contributed by atoms with Gasteiger partial charge < -0.3 is 27.6 Å². The van der Waals surface area contributed by atoms with Crippen LogP contribution in [0.2, 0.25) is 0 Å². The summed E-state index contributed by atoms with van der Waals surface area (Å²) in [4.78, 5) is 11.2. The zero-order valence-corrected chi connectivity index (χ0v) is 20.9. The van der Waals surface area contributed by atoms with Crippen LogP contribution in [0.1, 0.15) is 10.4 Å². The van der Waals surface area contributed by atoms with Gasteiger partial charge in [0.2, 0.25) is 25.9 Å². The standard InChI is InChI=1S/C19H26N10O6S2/c20-6-7-25-37(34,35)14-5-4-11(15(17(14)36(23,32)33)18-26-28-29-27-18)12-2-1-3-13(16(12)22)19(31)24-8-10(21)9-30/h1-5,10,25,30H,6-9,20-22H2,(H,24,31)(H2,23,32,33)(H,26,27,28,29)/t10-/m0/s1. The number of nitrogen functional groups attached to an aromatic ring is 1. The summed E-state index contributed by atoms with van der Waals surface area (Å²) in [6, 6.07) is 6.01. The highest BCUT2D eigenvalue weighted by atomic mass is 32.2. The number of amides is 1. The molecule has 12 N–H and O–H groups in total. The molecular formula is C19H26N10O6S2. The average Bonchev–Trinajstić information content (AvgIpc) is 3.39. The number of nitrogens with two attached hydrogens (primary N) is 4. The third kappa shape index (κ3) is 6.07. The normalized spacial score (nSPS) is 12.9. The van der Waals surface area contributed by atoms with Gasteiger partial charge in [-0.25, -0.2) is 26.7 Å². The fourth-order valence-corrected chi connectivity index (χ4v) is 6.07. The number of carbonyl (C=O) groups is 1. The van der Waals surface area contributed by atoms with Crippen molar-refractivity contribution in [2.24, 2.45) is 16.6 Å². The summed E-state index contributed by atoms with van der Waals surface area (Å²) in [7, 11) is -9.12. The number of para-hydroxylation sites is 1. The first kappa shape index (κ1) is 28.1. The number of aromatic nitrogens is 4. The Balaban J connectivity index is 2.30. The van der Waals surface area contributed by atoms with Gasteiger partial charge in [0.05, 0.1) is 23.4 Å². The van der Waals surface area contributed by atoms with E-state index in [1.54, 1.807) is 0 Å². The van der Waals surface area contributed by atoms with Crippen molar-refractivity contribution in [3.63, 3.8) is 0 Å². The number of aliphatic hydroxyl groups excluding tert-OH is 1. The fourth-order valence-electron chi connectivity index (χ4n) is 3.42. The lowest BCUT2D eigenvalue weighted by Crippen LogP contribution is -2.39. The minimum absolute atomic E-state index is 0.0140. The summed E-state index contributed by atoms with van der Waals surface area (Å²) in [6.07, 6.45) is 0. The summed E-state index contributed by atoms with van der Waals surface area (Å²) < 4.78 is 53.6. The molecule has 0 aliphatic carbocycles. The molecule has 3 rings (SSSR count). The van der Waals surface area contributed by atoms with Gasteiger partial charge in [0.1, 0.15) is 9.79 Å². The van der Waals surface area contributed by atoms with E-state index in [0.717, 1.165) is 6.07 Å². The molecule has 37 heavy (non-hydrogen) atoms. The largest absolute Gasteiger partial charge is 0.398 e. The molecule has 0 spiro atoms. The second kappa shape index (κ2) is 11.3. The number of tetrazole rings is 1. The first-order valence-corrected chi connectivity index (χ1v) is 13.6. The maximum absolute atomic E-state index is 12.9. The number of nitrogens with one attached hydrogen (secondary N) is 3. The SMILES string of the molecule is NCCNS(=O)(=O)c1ccc(-c2cccc(C(=O)NC[C@H](N)CO)c2N)c(-c2nn[nH]n2)c1S(N)(=O)=O. The molecule has 3 aromatic rings. The molecule has 18 heteroatoms. The molecule has 0 bridgehead atoms. The quantitative estimate of drug-likeness (QED) is 0.110. The Morgan fingerprint density at radius 1 is 1.14 bits per heavy atom. The molecule has 0 aliphatic heterocycles. The molecule has 2 aromatic carbocycles. The molecule has 1 heterocycles. The Bertz CT molecular complexity index is 1490. The van der Waals surface area contributed by atoms with Gasteiger partial charge in [0.25, 0.3) is 5.91 Å². The van der Waals surface area contributed by atoms with Crippen molar-refractivity contribution in [2.75, 3.05) is 32.0 Å². The topological polar surface area (TPSA) is 288 Å². The van der Waals surface area contributed by atoms with Crippen LogP contribution in [0.3, 0.4) is 0 Å². The summed E-state index contributed by atoms with van der Waals surface area (Å²) in [6.45, 7) is -0.606. The Kier molecular flexibility index (Phi) is 8.53. The van der Waals surface area contributed by atoms with Crippen molar-refractivity contribution in [3.8, 4) is 22.5 Å². The zero-order chi connectivity index (χ0) is 27.4. The highest BCUT2D eigenvalue weighted by Gasteiger charge is 2.32. The molecular weight excluding hydrogens is 528 g/mol. The number of primary sulfonamides is 1. The van der Waals surface area contributed by atoms with Crippen LogP contribution in [-0.4, -0.2) is 80.8 Å². The molecule has 16 nitrogen and oxygen atoms in total. The molecule has 1 atom stereocenters. The highest BCUT2D eigenvalue weighted by Crippen LogP contribution is 2.41. The minimum atomic E-state index is -4.72. The number of H-pyrrole nitrogens is 1. The molecule has 1 aromatic heterocycles. The van der Waals surface area contributed by atoms with E-state index in [0.29, 0.717) is 0 Å². The Labute approximate surface area is 211 Å². The first-order valence-electron chi connectivity index (χ1n) is 10.6. The summed E-state index contributed by atoms with van der Waals surface area (Å²) in [5.74, 6) is -0.903. The third-order valence-electron chi connectivity index (χ3n) is 5.10. The van der Waals surface area contributed by atoms with Crippen LogP contribution in [0, 0.1) is 0 Å². The van der Waals surface area contributed by atoms with Crippen LogP contribution in [0.5, 0.6) is 0 Å². The number of hydrogen-bond donors (Lipinski definition) is 8. The number of rotatable bonds is 11. The fraction of sp³-hybridized carbons (Fsp3) is 0.263. The Morgan fingerprint density at radius 2 is 1.86 bits per heavy atom. The predicted molar refractivity (Wildman–Crippen MR) is 132 cm³/mol. The van der Waals surface area contributed by atoms with E-state index in [2.05, 4.69) is 30.7 Å². The number of hydrogen-bond acceptors (Lipinski definition) is 12. The lowest BCUT2D eigenvalue weighted by atomic mass is 9.95. The molecule has 200 valence electrons. The van der Waals surface area contributed by atoms with Crippen molar-refractivity contribution in [1.29, 1.82) is 0 Å². The first-order chi connectivity index (χ1) is 17.4. The number of carbonyl (C=O) groups excluding carboxylic acids is 1. The smallest absolute Gasteiger partial charge is 0.253 e. The van der Waals surface area contributed by atoms with E-state index in [1.807, 2.05) is 0 Å². The van der Waals surface area contributed by atoms with E-state index < -0.39 is 41.8 Å². The monoisotopic (exact) mass is 554 g/mol. The van der Waals surface area contributed by atoms with Crippen molar-refractivity contribution < 1.29 is 26.7 Å². The molecule has 0 saturated carbocycles. The zero-order valence-electron chi connectivity index (χ0n) is 19.2. The second-order valence-electron chi connectivity index (χ2n) is 7.70. The van der Waals surface area contributed by atoms with Crippen molar-refractivity contribution in [2.45, 2.75) is 15.8 Å². The van der Waals surface area contributed by atoms with Gasteiger partial charge in [-0.2, -0.15) is 5.21 Å². The number of nitrogens with zero attached hydrogens (tertiary/aromatic N) is 3. The maximum atomic E-state index is 12.9. The van der Waals surface area contributed by atoms with Crippen LogP contribution in [0.4, 0.5) is 5.69 Å². The van der Waals surface area contributed by atoms with E-state index in [-0.39, 0.29) is 60.0 Å². The van der Waals surface area contributed by atoms with E-state index in [4.69, 9.17) is 27.4 Å².